The van der Waals surface area contributed by atoms with Crippen LogP contribution in [0.15, 0.2) is 18.5 Å². The molecule has 0 aliphatic carbocycles. The molecule has 2 N–H and O–H groups in total. The Labute approximate surface area is 78.6 Å². The van der Waals surface area contributed by atoms with Crippen molar-refractivity contribution in [2.45, 2.75) is 26.5 Å². The van der Waals surface area contributed by atoms with Gasteiger partial charge in [-0.2, -0.15) is 0 Å². The van der Waals surface area contributed by atoms with E-state index in [4.69, 9.17) is 5.11 Å². The Kier molecular flexibility index (Phi) is 3.51. The van der Waals surface area contributed by atoms with Crippen LogP contribution in [0.5, 0.6) is 0 Å². The molecule has 0 fully saturated rings. The van der Waals surface area contributed by atoms with Crippen molar-refractivity contribution in [3.8, 4) is 0 Å². The van der Waals surface area contributed by atoms with Crippen molar-refractivity contribution in [3.05, 3.63) is 24.0 Å². The molecular weight excluding hydrogens is 166 g/mol. The zero-order valence-corrected chi connectivity index (χ0v) is 8.14. The number of rotatable bonds is 4. The molecular formula is C10H17NO2. The lowest BCUT2D eigenvalue weighted by Crippen LogP contribution is -2.04. The number of nitrogens with zero attached hydrogens (tertiary/aromatic N) is 1. The highest BCUT2D eigenvalue weighted by Gasteiger charge is 2.12. The van der Waals surface area contributed by atoms with Crippen molar-refractivity contribution < 1.29 is 10.2 Å². The Bertz CT molecular complexity index is 255. The minimum Gasteiger partial charge on any atom is -0.395 e. The molecule has 74 valence electrons. The smallest absolute Gasteiger partial charge is 0.0827 e. The normalized spacial score (nSPS) is 13.6. The van der Waals surface area contributed by atoms with Crippen molar-refractivity contribution in [3.63, 3.8) is 0 Å². The fourth-order valence-corrected chi connectivity index (χ4v) is 1.27. The van der Waals surface area contributed by atoms with E-state index in [2.05, 4.69) is 0 Å². The highest BCUT2D eigenvalue weighted by molar-refractivity contribution is 5.13. The Morgan fingerprint density at radius 2 is 2.15 bits per heavy atom. The maximum absolute atomic E-state index is 9.70. The molecule has 3 heteroatoms. The maximum Gasteiger partial charge on any atom is 0.0827 e. The SMILES string of the molecule is CC(C)C(O)c1ccn(CCO)c1. The first-order chi connectivity index (χ1) is 6.15. The van der Waals surface area contributed by atoms with Crippen LogP contribution < -0.4 is 0 Å². The highest BCUT2D eigenvalue weighted by Crippen LogP contribution is 2.21. The van der Waals surface area contributed by atoms with Gasteiger partial charge in [0, 0.05) is 18.9 Å². The lowest BCUT2D eigenvalue weighted by Gasteiger charge is -2.12. The summed E-state index contributed by atoms with van der Waals surface area (Å²) in [7, 11) is 0. The zero-order chi connectivity index (χ0) is 9.84. The predicted molar refractivity (Wildman–Crippen MR) is 51.3 cm³/mol. The molecule has 1 aromatic rings. The lowest BCUT2D eigenvalue weighted by atomic mass is 10.0. The van der Waals surface area contributed by atoms with Crippen LogP contribution in [-0.2, 0) is 6.54 Å². The third kappa shape index (κ3) is 2.57. The summed E-state index contributed by atoms with van der Waals surface area (Å²) in [6.07, 6.45) is 3.35. The average molecular weight is 183 g/mol. The molecule has 0 aliphatic heterocycles. The summed E-state index contributed by atoms with van der Waals surface area (Å²) in [5, 5.41) is 18.4. The van der Waals surface area contributed by atoms with Crippen LogP contribution in [0.1, 0.15) is 25.5 Å². The molecule has 0 aromatic carbocycles. The van der Waals surface area contributed by atoms with Gasteiger partial charge in [0.1, 0.15) is 0 Å². The molecule has 0 bridgehead atoms. The first-order valence-electron chi connectivity index (χ1n) is 4.59. The summed E-state index contributed by atoms with van der Waals surface area (Å²) >= 11 is 0. The van der Waals surface area contributed by atoms with Gasteiger partial charge in [0.25, 0.3) is 0 Å². The second-order valence-corrected chi connectivity index (χ2v) is 3.60. The van der Waals surface area contributed by atoms with Crippen LogP contribution in [0.3, 0.4) is 0 Å². The lowest BCUT2D eigenvalue weighted by molar-refractivity contribution is 0.127. The van der Waals surface area contributed by atoms with Gasteiger partial charge in [-0.05, 0) is 17.5 Å². The fourth-order valence-electron chi connectivity index (χ4n) is 1.27. The van der Waals surface area contributed by atoms with E-state index < -0.39 is 6.10 Å². The Balaban J connectivity index is 2.67. The van der Waals surface area contributed by atoms with Crippen LogP contribution in [0.25, 0.3) is 0 Å². The van der Waals surface area contributed by atoms with Crippen LogP contribution >= 0.6 is 0 Å². The molecule has 1 atom stereocenters. The van der Waals surface area contributed by atoms with Gasteiger partial charge in [-0.25, -0.2) is 0 Å². The number of hydrogen-bond donors (Lipinski definition) is 2. The minimum atomic E-state index is -0.403. The van der Waals surface area contributed by atoms with Crippen molar-refractivity contribution in [2.24, 2.45) is 5.92 Å². The van der Waals surface area contributed by atoms with Gasteiger partial charge in [-0.3, -0.25) is 0 Å². The second-order valence-electron chi connectivity index (χ2n) is 3.60. The van der Waals surface area contributed by atoms with E-state index in [9.17, 15) is 5.11 Å². The summed E-state index contributed by atoms with van der Waals surface area (Å²) in [4.78, 5) is 0. The van der Waals surface area contributed by atoms with Crippen molar-refractivity contribution in [1.29, 1.82) is 0 Å². The number of aliphatic hydroxyl groups excluding tert-OH is 2. The third-order valence-corrected chi connectivity index (χ3v) is 2.10. The van der Waals surface area contributed by atoms with Crippen LogP contribution in [0.2, 0.25) is 0 Å². The monoisotopic (exact) mass is 183 g/mol. The summed E-state index contributed by atoms with van der Waals surface area (Å²) in [5.41, 5.74) is 0.920. The van der Waals surface area contributed by atoms with E-state index in [1.54, 1.807) is 0 Å². The summed E-state index contributed by atoms with van der Waals surface area (Å²) < 4.78 is 1.88. The van der Waals surface area contributed by atoms with E-state index in [0.717, 1.165) is 5.56 Å². The topological polar surface area (TPSA) is 45.4 Å². The summed E-state index contributed by atoms with van der Waals surface area (Å²) in [6.45, 7) is 4.68. The van der Waals surface area contributed by atoms with E-state index in [0.29, 0.717) is 6.54 Å². The van der Waals surface area contributed by atoms with Crippen LogP contribution in [-0.4, -0.2) is 21.4 Å². The highest BCUT2D eigenvalue weighted by atomic mass is 16.3. The molecule has 13 heavy (non-hydrogen) atoms. The fraction of sp³-hybridized carbons (Fsp3) is 0.600. The number of aromatic nitrogens is 1. The van der Waals surface area contributed by atoms with Gasteiger partial charge < -0.3 is 14.8 Å². The molecule has 3 nitrogen and oxygen atoms in total. The van der Waals surface area contributed by atoms with E-state index in [1.807, 2.05) is 36.9 Å². The first kappa shape index (κ1) is 10.3. The van der Waals surface area contributed by atoms with Crippen LogP contribution in [0, 0.1) is 5.92 Å². The molecule has 0 amide bonds. The summed E-state index contributed by atoms with van der Waals surface area (Å²) in [6, 6.07) is 1.89. The van der Waals surface area contributed by atoms with Crippen LogP contribution in [0.4, 0.5) is 0 Å². The third-order valence-electron chi connectivity index (χ3n) is 2.10. The Morgan fingerprint density at radius 1 is 1.46 bits per heavy atom. The standard InChI is InChI=1S/C10H17NO2/c1-8(2)10(13)9-3-4-11(7-9)5-6-12/h3-4,7-8,10,12-13H,5-6H2,1-2H3. The molecule has 1 aromatic heterocycles. The largest absolute Gasteiger partial charge is 0.395 e. The Hall–Kier alpha value is -0.800. The van der Waals surface area contributed by atoms with Crippen molar-refractivity contribution in [1.82, 2.24) is 4.57 Å². The molecule has 1 heterocycles. The van der Waals surface area contributed by atoms with Crippen molar-refractivity contribution in [2.75, 3.05) is 6.61 Å². The molecule has 0 spiro atoms. The molecule has 1 rings (SSSR count). The van der Waals surface area contributed by atoms with E-state index in [1.165, 1.54) is 0 Å². The van der Waals surface area contributed by atoms with Gasteiger partial charge in [-0.15, -0.1) is 0 Å². The Morgan fingerprint density at radius 3 is 2.69 bits per heavy atom. The van der Waals surface area contributed by atoms with Gasteiger partial charge in [0.05, 0.1) is 12.7 Å². The van der Waals surface area contributed by atoms with E-state index in [-0.39, 0.29) is 12.5 Å². The minimum absolute atomic E-state index is 0.131. The van der Waals surface area contributed by atoms with Gasteiger partial charge in [0.2, 0.25) is 0 Å². The quantitative estimate of drug-likeness (QED) is 0.736. The van der Waals surface area contributed by atoms with Gasteiger partial charge in [-0.1, -0.05) is 13.8 Å². The molecule has 0 aliphatic rings. The van der Waals surface area contributed by atoms with Gasteiger partial charge >= 0.3 is 0 Å². The number of aliphatic hydroxyl groups is 2. The molecule has 0 saturated heterocycles. The predicted octanol–water partition coefficient (Wildman–Crippen LogP) is 1.17. The average Bonchev–Trinajstić information content (AvgIpc) is 2.52. The number of hydrogen-bond acceptors (Lipinski definition) is 2. The molecule has 0 radical (unpaired) electrons. The van der Waals surface area contributed by atoms with Gasteiger partial charge in [0.15, 0.2) is 0 Å². The van der Waals surface area contributed by atoms with Crippen molar-refractivity contribution >= 4 is 0 Å². The molecule has 1 unspecified atom stereocenters. The maximum atomic E-state index is 9.70. The first-order valence-corrected chi connectivity index (χ1v) is 4.59. The summed E-state index contributed by atoms with van der Waals surface area (Å²) in [5.74, 6) is 0.227. The second kappa shape index (κ2) is 4.44. The zero-order valence-electron chi connectivity index (χ0n) is 8.14. The van der Waals surface area contributed by atoms with E-state index >= 15 is 0 Å². The molecule has 0 saturated carbocycles.